The molecule has 2 fully saturated rings. The number of aromatic nitrogens is 2. The summed E-state index contributed by atoms with van der Waals surface area (Å²) >= 11 is 0. The van der Waals surface area contributed by atoms with Crippen LogP contribution in [0.15, 0.2) is 28.8 Å². The molecule has 0 bridgehead atoms. The number of hydrogen-bond donors (Lipinski definition) is 1. The minimum atomic E-state index is -0.0427. The number of likely N-dealkylation sites (tertiary alicyclic amines) is 1. The van der Waals surface area contributed by atoms with Crippen molar-refractivity contribution in [2.24, 2.45) is 0 Å². The summed E-state index contributed by atoms with van der Waals surface area (Å²) in [5.74, 6) is 2.14. The second-order valence-corrected chi connectivity index (χ2v) is 7.21. The summed E-state index contributed by atoms with van der Waals surface area (Å²) in [7, 11) is 3.71. The Labute approximate surface area is 170 Å². The fourth-order valence-electron chi connectivity index (χ4n) is 3.68. The van der Waals surface area contributed by atoms with Crippen molar-refractivity contribution in [3.8, 4) is 5.75 Å². The number of likely N-dealkylation sites (N-methyl/N-ethyl adjacent to an activating group) is 1. The van der Waals surface area contributed by atoms with Crippen molar-refractivity contribution < 1.29 is 14.1 Å². The minimum Gasteiger partial charge on any atom is -0.497 e. The molecule has 0 aliphatic carbocycles. The van der Waals surface area contributed by atoms with Gasteiger partial charge in [0.2, 0.25) is 11.8 Å². The summed E-state index contributed by atoms with van der Waals surface area (Å²) in [6.45, 7) is 3.91. The van der Waals surface area contributed by atoms with E-state index < -0.39 is 0 Å². The zero-order chi connectivity index (χ0) is 18.8. The number of ether oxygens (including phenoxy) is 1. The Balaban J connectivity index is 0.00000225. The first-order valence-corrected chi connectivity index (χ1v) is 9.29. The van der Waals surface area contributed by atoms with Gasteiger partial charge in [-0.2, -0.15) is 4.98 Å². The average molecular weight is 408 g/mol. The van der Waals surface area contributed by atoms with Gasteiger partial charge in [0.1, 0.15) is 5.75 Å². The van der Waals surface area contributed by atoms with Crippen molar-refractivity contribution in [1.82, 2.24) is 25.3 Å². The fourth-order valence-corrected chi connectivity index (χ4v) is 3.68. The van der Waals surface area contributed by atoms with Gasteiger partial charge in [-0.3, -0.25) is 9.69 Å². The van der Waals surface area contributed by atoms with Crippen LogP contribution in [0.5, 0.6) is 5.75 Å². The average Bonchev–Trinajstić information content (AvgIpc) is 3.30. The van der Waals surface area contributed by atoms with Gasteiger partial charge in [-0.1, -0.05) is 17.3 Å². The molecule has 4 rings (SSSR count). The number of halogens is 1. The number of amides is 1. The maximum Gasteiger partial charge on any atom is 0.232 e. The molecule has 2 atom stereocenters. The van der Waals surface area contributed by atoms with Crippen LogP contribution in [0.1, 0.15) is 35.7 Å². The second-order valence-electron chi connectivity index (χ2n) is 7.21. The van der Waals surface area contributed by atoms with Crippen LogP contribution in [-0.2, 0) is 11.3 Å². The van der Waals surface area contributed by atoms with Gasteiger partial charge in [0.25, 0.3) is 0 Å². The van der Waals surface area contributed by atoms with E-state index >= 15 is 0 Å². The van der Waals surface area contributed by atoms with Crippen LogP contribution >= 0.6 is 12.4 Å². The molecule has 2 aliphatic rings. The van der Waals surface area contributed by atoms with Crippen LogP contribution in [0, 0.1) is 0 Å². The number of methoxy groups -OCH3 is 1. The first-order chi connectivity index (χ1) is 13.1. The normalized spacial score (nSPS) is 22.9. The number of nitrogens with one attached hydrogen (secondary N) is 1. The molecule has 2 aliphatic heterocycles. The Morgan fingerprint density at radius 3 is 2.82 bits per heavy atom. The lowest BCUT2D eigenvalue weighted by Crippen LogP contribution is -2.44. The van der Waals surface area contributed by atoms with Gasteiger partial charge in [-0.05, 0) is 24.7 Å². The maximum atomic E-state index is 12.4. The molecule has 1 amide bonds. The molecule has 0 spiro atoms. The van der Waals surface area contributed by atoms with E-state index in [0.717, 1.165) is 30.9 Å². The number of rotatable bonds is 5. The lowest BCUT2D eigenvalue weighted by molar-refractivity contribution is -0.128. The molecule has 2 unspecified atom stereocenters. The summed E-state index contributed by atoms with van der Waals surface area (Å²) in [6, 6.07) is 7.90. The Bertz CT molecular complexity index is 797. The van der Waals surface area contributed by atoms with E-state index in [1.165, 1.54) is 0 Å². The number of piperazine rings is 1. The highest BCUT2D eigenvalue weighted by atomic mass is 35.5. The van der Waals surface area contributed by atoms with Crippen LogP contribution in [-0.4, -0.2) is 66.2 Å². The maximum absolute atomic E-state index is 12.4. The molecule has 9 heteroatoms. The third-order valence-electron chi connectivity index (χ3n) is 5.36. The third kappa shape index (κ3) is 4.29. The Morgan fingerprint density at radius 2 is 2.11 bits per heavy atom. The van der Waals surface area contributed by atoms with Crippen LogP contribution < -0.4 is 10.1 Å². The molecule has 3 heterocycles. The zero-order valence-electron chi connectivity index (χ0n) is 16.1. The number of nitrogens with zero attached hydrogens (tertiary/aromatic N) is 4. The van der Waals surface area contributed by atoms with Gasteiger partial charge in [0, 0.05) is 39.1 Å². The lowest BCUT2D eigenvalue weighted by Gasteiger charge is -2.30. The Kier molecular flexibility index (Phi) is 6.53. The van der Waals surface area contributed by atoms with Crippen molar-refractivity contribution in [2.75, 3.05) is 40.3 Å². The molecular formula is C19H26ClN5O3. The molecule has 152 valence electrons. The van der Waals surface area contributed by atoms with Crippen molar-refractivity contribution in [2.45, 2.75) is 24.9 Å². The summed E-state index contributed by atoms with van der Waals surface area (Å²) in [6.07, 6.45) is 0.413. The van der Waals surface area contributed by atoms with Gasteiger partial charge >= 0.3 is 0 Å². The van der Waals surface area contributed by atoms with E-state index in [2.05, 4.69) is 27.4 Å². The van der Waals surface area contributed by atoms with Crippen molar-refractivity contribution in [3.63, 3.8) is 0 Å². The van der Waals surface area contributed by atoms with E-state index in [1.807, 2.05) is 29.2 Å². The standard InChI is InChI=1S/C19H25N5O3.ClH/c1-23-8-7-20-10-16(23)18-21-19(27-22-18)14-9-17(25)24(12-14)11-13-3-5-15(26-2)6-4-13;/h3-6,14,16,20H,7-12H2,1-2H3;1H. The van der Waals surface area contributed by atoms with Gasteiger partial charge < -0.3 is 19.5 Å². The van der Waals surface area contributed by atoms with Crippen molar-refractivity contribution in [3.05, 3.63) is 41.5 Å². The van der Waals surface area contributed by atoms with Crippen LogP contribution in [0.25, 0.3) is 0 Å². The number of carbonyl (C=O) groups excluding carboxylic acids is 1. The highest BCUT2D eigenvalue weighted by Crippen LogP contribution is 2.29. The summed E-state index contributed by atoms with van der Waals surface area (Å²) in [5.41, 5.74) is 1.07. The molecule has 8 nitrogen and oxygen atoms in total. The highest BCUT2D eigenvalue weighted by molar-refractivity contribution is 5.85. The molecule has 0 saturated carbocycles. The molecule has 28 heavy (non-hydrogen) atoms. The van der Waals surface area contributed by atoms with Crippen molar-refractivity contribution in [1.29, 1.82) is 0 Å². The summed E-state index contributed by atoms with van der Waals surface area (Å²) in [5, 5.41) is 7.53. The summed E-state index contributed by atoms with van der Waals surface area (Å²) in [4.78, 5) is 21.1. The number of benzene rings is 1. The number of carbonyl (C=O) groups is 1. The van der Waals surface area contributed by atoms with Crippen LogP contribution in [0.2, 0.25) is 0 Å². The number of hydrogen-bond acceptors (Lipinski definition) is 7. The highest BCUT2D eigenvalue weighted by Gasteiger charge is 2.35. The molecule has 1 N–H and O–H groups in total. The molecular weight excluding hydrogens is 382 g/mol. The molecule has 0 radical (unpaired) electrons. The van der Waals surface area contributed by atoms with Crippen LogP contribution in [0.3, 0.4) is 0 Å². The molecule has 2 saturated heterocycles. The van der Waals surface area contributed by atoms with Gasteiger partial charge in [0.15, 0.2) is 5.82 Å². The van der Waals surface area contributed by atoms with E-state index in [0.29, 0.717) is 31.2 Å². The van der Waals surface area contributed by atoms with E-state index in [9.17, 15) is 4.79 Å². The van der Waals surface area contributed by atoms with E-state index in [-0.39, 0.29) is 30.3 Å². The molecule has 1 aromatic heterocycles. The largest absolute Gasteiger partial charge is 0.497 e. The first-order valence-electron chi connectivity index (χ1n) is 9.29. The smallest absolute Gasteiger partial charge is 0.232 e. The molecule has 2 aromatic rings. The van der Waals surface area contributed by atoms with E-state index in [4.69, 9.17) is 9.26 Å². The SMILES string of the molecule is COc1ccc(CN2CC(c3nc(C4CNCCN4C)no3)CC2=O)cc1.Cl. The second kappa shape index (κ2) is 8.89. The van der Waals surface area contributed by atoms with Gasteiger partial charge in [-0.15, -0.1) is 12.4 Å². The van der Waals surface area contributed by atoms with Gasteiger partial charge in [-0.25, -0.2) is 0 Å². The lowest BCUT2D eigenvalue weighted by atomic mass is 10.1. The Hall–Kier alpha value is -2.16. The topological polar surface area (TPSA) is 83.7 Å². The predicted molar refractivity (Wildman–Crippen MR) is 106 cm³/mol. The first kappa shape index (κ1) is 20.6. The summed E-state index contributed by atoms with van der Waals surface area (Å²) < 4.78 is 10.7. The quantitative estimate of drug-likeness (QED) is 0.805. The minimum absolute atomic E-state index is 0. The third-order valence-corrected chi connectivity index (χ3v) is 5.36. The monoisotopic (exact) mass is 407 g/mol. The fraction of sp³-hybridized carbons (Fsp3) is 0.526. The van der Waals surface area contributed by atoms with Crippen molar-refractivity contribution >= 4 is 18.3 Å². The van der Waals surface area contributed by atoms with Gasteiger partial charge in [0.05, 0.1) is 19.1 Å². The Morgan fingerprint density at radius 1 is 1.32 bits per heavy atom. The predicted octanol–water partition coefficient (Wildman–Crippen LogP) is 1.59. The zero-order valence-corrected chi connectivity index (χ0v) is 16.9. The van der Waals surface area contributed by atoms with Crippen LogP contribution in [0.4, 0.5) is 0 Å². The van der Waals surface area contributed by atoms with E-state index in [1.54, 1.807) is 7.11 Å². The molecule has 1 aromatic carbocycles.